The van der Waals surface area contributed by atoms with Gasteiger partial charge in [-0.1, -0.05) is 23.5 Å². The third-order valence-electron chi connectivity index (χ3n) is 3.37. The molecule has 3 rings (SSSR count). The lowest BCUT2D eigenvalue weighted by Gasteiger charge is -2.37. The van der Waals surface area contributed by atoms with Crippen LogP contribution < -0.4 is 4.90 Å². The van der Waals surface area contributed by atoms with E-state index in [1.54, 1.807) is 11.3 Å². The minimum atomic E-state index is 0.661. The average molecular weight is 267 g/mol. The highest BCUT2D eigenvalue weighted by Gasteiger charge is 2.26. The van der Waals surface area contributed by atoms with Crippen LogP contribution in [-0.4, -0.2) is 23.5 Å². The number of hydrogen-bond donors (Lipinski definition) is 0. The highest BCUT2D eigenvalue weighted by atomic mass is 35.5. The Balaban J connectivity index is 1.93. The SMILES string of the molecule is ClCCN(c1nc2ccccc2s1)C1CCC1. The van der Waals surface area contributed by atoms with Crippen LogP contribution in [0.15, 0.2) is 24.3 Å². The molecule has 90 valence electrons. The molecule has 1 aromatic carbocycles. The summed E-state index contributed by atoms with van der Waals surface area (Å²) in [6, 6.07) is 8.99. The molecule has 0 radical (unpaired) electrons. The first kappa shape index (κ1) is 11.3. The van der Waals surface area contributed by atoms with Gasteiger partial charge in [-0.15, -0.1) is 11.6 Å². The maximum Gasteiger partial charge on any atom is 0.186 e. The fourth-order valence-corrected chi connectivity index (χ4v) is 3.45. The van der Waals surface area contributed by atoms with Crippen molar-refractivity contribution in [2.75, 3.05) is 17.3 Å². The second-order valence-electron chi connectivity index (χ2n) is 4.43. The molecule has 0 unspecified atom stereocenters. The van der Waals surface area contributed by atoms with Crippen molar-refractivity contribution in [1.82, 2.24) is 4.98 Å². The van der Waals surface area contributed by atoms with Gasteiger partial charge in [0.2, 0.25) is 0 Å². The van der Waals surface area contributed by atoms with E-state index in [-0.39, 0.29) is 0 Å². The predicted octanol–water partition coefficient (Wildman–Crippen LogP) is 3.89. The number of halogens is 1. The van der Waals surface area contributed by atoms with Crippen LogP contribution in [0.1, 0.15) is 19.3 Å². The number of rotatable bonds is 4. The summed E-state index contributed by atoms with van der Waals surface area (Å²) in [5.41, 5.74) is 1.10. The molecule has 1 aliphatic rings. The maximum absolute atomic E-state index is 5.91. The molecule has 0 aliphatic heterocycles. The van der Waals surface area contributed by atoms with Crippen molar-refractivity contribution in [2.24, 2.45) is 0 Å². The molecule has 0 atom stereocenters. The lowest BCUT2D eigenvalue weighted by atomic mass is 9.92. The van der Waals surface area contributed by atoms with Crippen LogP contribution in [0.3, 0.4) is 0 Å². The van der Waals surface area contributed by atoms with Gasteiger partial charge in [0.05, 0.1) is 10.2 Å². The van der Waals surface area contributed by atoms with Gasteiger partial charge < -0.3 is 4.90 Å². The van der Waals surface area contributed by atoms with Gasteiger partial charge in [0.1, 0.15) is 0 Å². The molecule has 1 heterocycles. The van der Waals surface area contributed by atoms with E-state index in [0.717, 1.165) is 17.2 Å². The van der Waals surface area contributed by atoms with E-state index in [9.17, 15) is 0 Å². The quantitative estimate of drug-likeness (QED) is 0.781. The molecule has 1 fully saturated rings. The van der Waals surface area contributed by atoms with Gasteiger partial charge in [-0.05, 0) is 31.4 Å². The minimum Gasteiger partial charge on any atom is -0.344 e. The highest BCUT2D eigenvalue weighted by molar-refractivity contribution is 7.22. The summed E-state index contributed by atoms with van der Waals surface area (Å²) < 4.78 is 1.27. The third-order valence-corrected chi connectivity index (χ3v) is 4.61. The van der Waals surface area contributed by atoms with Gasteiger partial charge in [0.25, 0.3) is 0 Å². The third kappa shape index (κ3) is 2.14. The van der Waals surface area contributed by atoms with Gasteiger partial charge in [-0.25, -0.2) is 4.98 Å². The molecule has 4 heteroatoms. The van der Waals surface area contributed by atoms with Gasteiger partial charge in [0, 0.05) is 18.5 Å². The number of benzene rings is 1. The summed E-state index contributed by atoms with van der Waals surface area (Å²) in [5, 5.41) is 1.14. The van der Waals surface area contributed by atoms with E-state index in [2.05, 4.69) is 23.1 Å². The summed E-state index contributed by atoms with van der Waals surface area (Å²) >= 11 is 7.68. The number of hydrogen-bond acceptors (Lipinski definition) is 3. The molecule has 2 aromatic rings. The average Bonchev–Trinajstić information content (AvgIpc) is 2.69. The van der Waals surface area contributed by atoms with Crippen LogP contribution in [0.2, 0.25) is 0 Å². The first-order valence-corrected chi connectivity index (χ1v) is 7.42. The zero-order valence-corrected chi connectivity index (χ0v) is 11.2. The molecule has 0 bridgehead atoms. The Kier molecular flexibility index (Phi) is 3.21. The second kappa shape index (κ2) is 4.83. The van der Waals surface area contributed by atoms with Crippen LogP contribution in [0.4, 0.5) is 5.13 Å². The molecule has 1 aliphatic carbocycles. The lowest BCUT2D eigenvalue weighted by Crippen LogP contribution is -2.41. The minimum absolute atomic E-state index is 0.661. The van der Waals surface area contributed by atoms with E-state index in [1.165, 1.54) is 24.0 Å². The lowest BCUT2D eigenvalue weighted by molar-refractivity contribution is 0.390. The number of alkyl halides is 1. The molecule has 2 nitrogen and oxygen atoms in total. The molecule has 17 heavy (non-hydrogen) atoms. The van der Waals surface area contributed by atoms with Crippen molar-refractivity contribution in [3.8, 4) is 0 Å². The van der Waals surface area contributed by atoms with Crippen molar-refractivity contribution in [2.45, 2.75) is 25.3 Å². The smallest absolute Gasteiger partial charge is 0.186 e. The number of nitrogens with zero attached hydrogens (tertiary/aromatic N) is 2. The first-order chi connectivity index (χ1) is 8.38. The standard InChI is InChI=1S/C13H15ClN2S/c14-8-9-16(10-4-3-5-10)13-15-11-6-1-2-7-12(11)17-13/h1-2,6-7,10H,3-5,8-9H2. The van der Waals surface area contributed by atoms with Crippen molar-refractivity contribution >= 4 is 38.3 Å². The van der Waals surface area contributed by atoms with Crippen molar-refractivity contribution in [1.29, 1.82) is 0 Å². The summed E-state index contributed by atoms with van der Waals surface area (Å²) in [5.74, 6) is 0.673. The number of thiazole rings is 1. The van der Waals surface area contributed by atoms with Gasteiger partial charge in [0.15, 0.2) is 5.13 Å². The van der Waals surface area contributed by atoms with Crippen LogP contribution in [0.5, 0.6) is 0 Å². The Morgan fingerprint density at radius 2 is 2.18 bits per heavy atom. The number of anilines is 1. The molecular weight excluding hydrogens is 252 g/mol. The Labute approximate surface area is 110 Å². The Hall–Kier alpha value is -0.800. The Morgan fingerprint density at radius 3 is 2.82 bits per heavy atom. The maximum atomic E-state index is 5.91. The normalized spacial score (nSPS) is 16.1. The topological polar surface area (TPSA) is 16.1 Å². The number of aromatic nitrogens is 1. The Bertz CT molecular complexity index is 474. The summed E-state index contributed by atoms with van der Waals surface area (Å²) in [4.78, 5) is 7.11. The van der Waals surface area contributed by atoms with E-state index in [1.807, 2.05) is 6.07 Å². The van der Waals surface area contributed by atoms with Crippen LogP contribution in [0.25, 0.3) is 10.2 Å². The first-order valence-electron chi connectivity index (χ1n) is 6.06. The summed E-state index contributed by atoms with van der Waals surface area (Å²) in [6.45, 7) is 0.909. The fourth-order valence-electron chi connectivity index (χ4n) is 2.21. The van der Waals surface area contributed by atoms with Crippen molar-refractivity contribution in [3.63, 3.8) is 0 Å². The zero-order chi connectivity index (χ0) is 11.7. The van der Waals surface area contributed by atoms with Crippen LogP contribution >= 0.6 is 22.9 Å². The second-order valence-corrected chi connectivity index (χ2v) is 5.82. The summed E-state index contributed by atoms with van der Waals surface area (Å²) in [7, 11) is 0. The van der Waals surface area contributed by atoms with Crippen LogP contribution in [-0.2, 0) is 0 Å². The molecular formula is C13H15ClN2S. The van der Waals surface area contributed by atoms with Crippen LogP contribution in [0, 0.1) is 0 Å². The zero-order valence-electron chi connectivity index (χ0n) is 9.60. The van der Waals surface area contributed by atoms with Crippen molar-refractivity contribution in [3.05, 3.63) is 24.3 Å². The summed E-state index contributed by atoms with van der Waals surface area (Å²) in [6.07, 6.45) is 3.91. The predicted molar refractivity (Wildman–Crippen MR) is 75.3 cm³/mol. The molecule has 0 spiro atoms. The van der Waals surface area contributed by atoms with E-state index in [4.69, 9.17) is 16.6 Å². The van der Waals surface area contributed by atoms with E-state index >= 15 is 0 Å². The van der Waals surface area contributed by atoms with Crippen molar-refractivity contribution < 1.29 is 0 Å². The molecule has 1 aromatic heterocycles. The molecule has 0 N–H and O–H groups in total. The largest absolute Gasteiger partial charge is 0.344 e. The van der Waals surface area contributed by atoms with E-state index in [0.29, 0.717) is 11.9 Å². The highest BCUT2D eigenvalue weighted by Crippen LogP contribution is 2.34. The molecule has 1 saturated carbocycles. The molecule has 0 amide bonds. The number of para-hydroxylation sites is 1. The van der Waals surface area contributed by atoms with E-state index < -0.39 is 0 Å². The molecule has 0 saturated heterocycles. The van der Waals surface area contributed by atoms with Gasteiger partial charge >= 0.3 is 0 Å². The Morgan fingerprint density at radius 1 is 1.35 bits per heavy atom. The van der Waals surface area contributed by atoms with Gasteiger partial charge in [-0.2, -0.15) is 0 Å². The fraction of sp³-hybridized carbons (Fsp3) is 0.462. The monoisotopic (exact) mass is 266 g/mol. The number of fused-ring (bicyclic) bond motifs is 1. The van der Waals surface area contributed by atoms with Gasteiger partial charge in [-0.3, -0.25) is 0 Å².